The second kappa shape index (κ2) is 4.94. The zero-order chi connectivity index (χ0) is 10.6. The summed E-state index contributed by atoms with van der Waals surface area (Å²) in [5.41, 5.74) is 1.18. The van der Waals surface area contributed by atoms with Crippen LogP contribution in [0.15, 0.2) is 24.3 Å². The van der Waals surface area contributed by atoms with Crippen molar-refractivity contribution in [1.82, 2.24) is 3.53 Å². The van der Waals surface area contributed by atoms with E-state index in [1.807, 2.05) is 0 Å². The molecule has 0 atom stereocenters. The Morgan fingerprint density at radius 1 is 1.36 bits per heavy atom. The van der Waals surface area contributed by atoms with Crippen molar-refractivity contribution in [2.45, 2.75) is 6.92 Å². The number of carbonyl (C=O) groups excluding carboxylic acids is 2. The fourth-order valence-corrected chi connectivity index (χ4v) is 1.11. The van der Waals surface area contributed by atoms with E-state index in [9.17, 15) is 9.59 Å². The van der Waals surface area contributed by atoms with Gasteiger partial charge in [0.2, 0.25) is 0 Å². The third-order valence-electron chi connectivity index (χ3n) is 1.61. The van der Waals surface area contributed by atoms with E-state index in [0.717, 1.165) is 0 Å². The highest BCUT2D eigenvalue weighted by atomic mass is 127. The molecule has 0 aromatic heterocycles. The van der Waals surface area contributed by atoms with Gasteiger partial charge in [-0.05, 0) is 19.1 Å². The minimum absolute atomic E-state index is 0.0245. The molecule has 0 bridgehead atoms. The first-order valence-electron chi connectivity index (χ1n) is 3.92. The molecule has 1 aromatic rings. The molecule has 0 heterocycles. The first-order chi connectivity index (χ1) is 6.63. The summed E-state index contributed by atoms with van der Waals surface area (Å²) in [7, 11) is 0. The highest BCUT2D eigenvalue weighted by Gasteiger charge is 2.02. The Morgan fingerprint density at radius 3 is 2.64 bits per heavy atom. The molecule has 0 radical (unpaired) electrons. The van der Waals surface area contributed by atoms with Gasteiger partial charge in [0.05, 0.1) is 22.9 Å². The molecule has 2 amide bonds. The molecule has 0 saturated carbocycles. The predicted molar refractivity (Wildman–Crippen MR) is 62.6 cm³/mol. The standard InChI is InChI=1S/C9H9IN2O2/c1-6(13)7-3-2-4-8(5-7)11-9(14)12-10/h2-5H,1H3,(H2,11,12,14). The summed E-state index contributed by atoms with van der Waals surface area (Å²) < 4.78 is 2.40. The lowest BCUT2D eigenvalue weighted by Crippen LogP contribution is -2.19. The number of amides is 2. The largest absolute Gasteiger partial charge is 0.327 e. The maximum Gasteiger partial charge on any atom is 0.327 e. The average molecular weight is 304 g/mol. The maximum absolute atomic E-state index is 11.0. The number of Topliss-reactive ketones (excluding diaryl/α,β-unsaturated/α-hetero) is 1. The molecule has 0 unspecified atom stereocenters. The topological polar surface area (TPSA) is 58.2 Å². The van der Waals surface area contributed by atoms with Crippen LogP contribution < -0.4 is 8.85 Å². The van der Waals surface area contributed by atoms with Crippen LogP contribution in [0.5, 0.6) is 0 Å². The molecule has 5 heteroatoms. The molecular weight excluding hydrogens is 295 g/mol. The maximum atomic E-state index is 11.0. The molecule has 0 spiro atoms. The first kappa shape index (κ1) is 11.0. The normalized spacial score (nSPS) is 9.29. The Hall–Kier alpha value is -1.11. The summed E-state index contributed by atoms with van der Waals surface area (Å²) in [5.74, 6) is -0.0245. The Balaban J connectivity index is 2.83. The second-order valence-corrected chi connectivity index (χ2v) is 3.22. The number of hydrogen-bond acceptors (Lipinski definition) is 2. The minimum Gasteiger partial charge on any atom is -0.307 e. The molecule has 1 aromatic carbocycles. The number of halogens is 1. The number of hydrogen-bond donors (Lipinski definition) is 2. The van der Waals surface area contributed by atoms with E-state index in [-0.39, 0.29) is 11.8 Å². The predicted octanol–water partition coefficient (Wildman–Crippen LogP) is 2.36. The van der Waals surface area contributed by atoms with Crippen LogP contribution in [-0.4, -0.2) is 11.8 Å². The van der Waals surface area contributed by atoms with Gasteiger partial charge in [-0.25, -0.2) is 4.79 Å². The summed E-state index contributed by atoms with van der Waals surface area (Å²) in [6, 6.07) is 6.47. The van der Waals surface area contributed by atoms with E-state index in [0.29, 0.717) is 11.3 Å². The second-order valence-electron chi connectivity index (χ2n) is 2.69. The van der Waals surface area contributed by atoms with Gasteiger partial charge < -0.3 is 5.32 Å². The summed E-state index contributed by atoms with van der Waals surface area (Å²) >= 11 is 1.73. The monoisotopic (exact) mass is 304 g/mol. The van der Waals surface area contributed by atoms with Gasteiger partial charge >= 0.3 is 6.03 Å². The van der Waals surface area contributed by atoms with Crippen molar-refractivity contribution in [1.29, 1.82) is 0 Å². The molecule has 4 nitrogen and oxygen atoms in total. The molecule has 0 aliphatic carbocycles. The number of urea groups is 1. The summed E-state index contributed by atoms with van der Waals surface area (Å²) in [4.78, 5) is 22.0. The number of benzene rings is 1. The van der Waals surface area contributed by atoms with E-state index in [1.165, 1.54) is 6.92 Å². The van der Waals surface area contributed by atoms with Crippen molar-refractivity contribution >= 4 is 40.4 Å². The molecule has 14 heavy (non-hydrogen) atoms. The highest BCUT2D eigenvalue weighted by molar-refractivity contribution is 14.1. The Kier molecular flexibility index (Phi) is 3.87. The third-order valence-corrected chi connectivity index (χ3v) is 2.10. The molecule has 0 aliphatic heterocycles. The van der Waals surface area contributed by atoms with Crippen molar-refractivity contribution < 1.29 is 9.59 Å². The zero-order valence-corrected chi connectivity index (χ0v) is 9.66. The lowest BCUT2D eigenvalue weighted by atomic mass is 10.1. The van der Waals surface area contributed by atoms with E-state index in [2.05, 4.69) is 8.85 Å². The van der Waals surface area contributed by atoms with Crippen molar-refractivity contribution in [3.05, 3.63) is 29.8 Å². The summed E-state index contributed by atoms with van der Waals surface area (Å²) in [5, 5.41) is 2.58. The SMILES string of the molecule is CC(=O)c1cccc(NC(=O)NI)c1. The number of anilines is 1. The molecule has 0 fully saturated rings. The van der Waals surface area contributed by atoms with Crippen LogP contribution in [0.3, 0.4) is 0 Å². The Morgan fingerprint density at radius 2 is 2.07 bits per heavy atom. The molecule has 0 saturated heterocycles. The molecule has 1 rings (SSSR count). The van der Waals surface area contributed by atoms with Crippen LogP contribution in [0.25, 0.3) is 0 Å². The summed E-state index contributed by atoms with van der Waals surface area (Å²) in [6.45, 7) is 1.48. The minimum atomic E-state index is -0.314. The number of carbonyl (C=O) groups is 2. The molecular formula is C9H9IN2O2. The van der Waals surface area contributed by atoms with Gasteiger partial charge in [0, 0.05) is 11.3 Å². The van der Waals surface area contributed by atoms with E-state index in [1.54, 1.807) is 47.1 Å². The smallest absolute Gasteiger partial charge is 0.307 e. The number of rotatable bonds is 2. The molecule has 2 N–H and O–H groups in total. The highest BCUT2D eigenvalue weighted by Crippen LogP contribution is 2.10. The van der Waals surface area contributed by atoms with Gasteiger partial charge in [-0.3, -0.25) is 8.32 Å². The van der Waals surface area contributed by atoms with Crippen molar-refractivity contribution in [3.8, 4) is 0 Å². The molecule has 74 valence electrons. The molecule has 0 aliphatic rings. The van der Waals surface area contributed by atoms with Gasteiger partial charge in [0.25, 0.3) is 0 Å². The van der Waals surface area contributed by atoms with Crippen LogP contribution in [0.1, 0.15) is 17.3 Å². The van der Waals surface area contributed by atoms with Gasteiger partial charge in [0.15, 0.2) is 5.78 Å². The van der Waals surface area contributed by atoms with E-state index in [4.69, 9.17) is 0 Å². The summed E-state index contributed by atoms with van der Waals surface area (Å²) in [6.07, 6.45) is 0. The van der Waals surface area contributed by atoms with Crippen molar-refractivity contribution in [2.75, 3.05) is 5.32 Å². The van der Waals surface area contributed by atoms with Crippen LogP contribution in [-0.2, 0) is 0 Å². The van der Waals surface area contributed by atoms with E-state index >= 15 is 0 Å². The average Bonchev–Trinajstić information content (AvgIpc) is 2.18. The van der Waals surface area contributed by atoms with Crippen molar-refractivity contribution in [3.63, 3.8) is 0 Å². The van der Waals surface area contributed by atoms with Crippen LogP contribution in [0.4, 0.5) is 10.5 Å². The van der Waals surface area contributed by atoms with Crippen LogP contribution >= 0.6 is 22.9 Å². The lowest BCUT2D eigenvalue weighted by Gasteiger charge is -2.04. The van der Waals surface area contributed by atoms with Gasteiger partial charge in [-0.1, -0.05) is 12.1 Å². The number of ketones is 1. The first-order valence-corrected chi connectivity index (χ1v) is 5.00. The fraction of sp³-hybridized carbons (Fsp3) is 0.111. The quantitative estimate of drug-likeness (QED) is 0.500. The fourth-order valence-electron chi connectivity index (χ4n) is 0.971. The van der Waals surface area contributed by atoms with Crippen LogP contribution in [0, 0.1) is 0 Å². The number of nitrogens with one attached hydrogen (secondary N) is 2. The third kappa shape index (κ3) is 2.99. The zero-order valence-electron chi connectivity index (χ0n) is 7.50. The van der Waals surface area contributed by atoms with Gasteiger partial charge in [-0.15, -0.1) is 0 Å². The van der Waals surface area contributed by atoms with Crippen LogP contribution in [0.2, 0.25) is 0 Å². The van der Waals surface area contributed by atoms with Gasteiger partial charge in [-0.2, -0.15) is 0 Å². The Bertz CT molecular complexity index is 366. The lowest BCUT2D eigenvalue weighted by molar-refractivity contribution is 0.101. The van der Waals surface area contributed by atoms with Crippen molar-refractivity contribution in [2.24, 2.45) is 0 Å². The van der Waals surface area contributed by atoms with Gasteiger partial charge in [0.1, 0.15) is 0 Å². The van der Waals surface area contributed by atoms with E-state index < -0.39 is 0 Å². The Labute approximate surface area is 95.6 Å².